The molecule has 0 spiro atoms. The number of halogens is 2. The average Bonchev–Trinajstić information content (AvgIpc) is 2.79. The molecule has 0 saturated carbocycles. The molecule has 0 radical (unpaired) electrons. The van der Waals surface area contributed by atoms with Crippen LogP contribution in [0.5, 0.6) is 11.6 Å². The molecular formula is C14H15Cl2N3O2. The molecule has 5 nitrogen and oxygen atoms in total. The summed E-state index contributed by atoms with van der Waals surface area (Å²) in [6.45, 7) is 1.97. The first kappa shape index (κ1) is 15.7. The van der Waals surface area contributed by atoms with Crippen LogP contribution in [0.3, 0.4) is 0 Å². The molecule has 1 aromatic heterocycles. The molecule has 2 N–H and O–H groups in total. The Hall–Kier alpha value is -1.72. The minimum Gasteiger partial charge on any atom is -0.439 e. The zero-order valence-electron chi connectivity index (χ0n) is 11.7. The first-order chi connectivity index (χ1) is 10.0. The number of hydrogen-bond donors (Lipinski definition) is 2. The number of hydrogen-bond acceptors (Lipinski definition) is 3. The smallest absolute Gasteiger partial charge is 0.225 e. The number of nitrogens with zero attached hydrogens (tertiary/aromatic N) is 1. The van der Waals surface area contributed by atoms with Crippen LogP contribution in [0.1, 0.15) is 18.2 Å². The van der Waals surface area contributed by atoms with Crippen LogP contribution >= 0.6 is 23.2 Å². The molecule has 0 aliphatic carbocycles. The normalized spacial score (nSPS) is 10.5. The number of H-pyrrole nitrogens is 1. The fraction of sp³-hybridized carbons (Fsp3) is 0.286. The first-order valence-electron chi connectivity index (χ1n) is 6.44. The third-order valence-corrected chi connectivity index (χ3v) is 3.37. The topological polar surface area (TPSA) is 67.0 Å². The van der Waals surface area contributed by atoms with Gasteiger partial charge >= 0.3 is 0 Å². The van der Waals surface area contributed by atoms with Gasteiger partial charge in [0, 0.05) is 22.7 Å². The monoisotopic (exact) mass is 327 g/mol. The SMILES string of the molecule is CCc1c(CC(=O)NC)n[nH]c1Oc1cc(Cl)cc(Cl)c1. The summed E-state index contributed by atoms with van der Waals surface area (Å²) in [6, 6.07) is 4.94. The highest BCUT2D eigenvalue weighted by molar-refractivity contribution is 6.34. The maximum Gasteiger partial charge on any atom is 0.225 e. The molecule has 112 valence electrons. The number of aromatic amines is 1. The number of aromatic nitrogens is 2. The van der Waals surface area contributed by atoms with Crippen molar-refractivity contribution < 1.29 is 9.53 Å². The standard InChI is InChI=1S/C14H15Cl2N3O2/c1-3-11-12(7-13(20)17-2)18-19-14(11)21-10-5-8(15)4-9(16)6-10/h4-6H,3,7H2,1-2H3,(H,17,20)(H,18,19). The van der Waals surface area contributed by atoms with Crippen LogP contribution in [0, 0.1) is 0 Å². The van der Waals surface area contributed by atoms with E-state index in [1.54, 1.807) is 25.2 Å². The second-order valence-electron chi connectivity index (χ2n) is 4.39. The molecule has 1 amide bonds. The minimum absolute atomic E-state index is 0.103. The van der Waals surface area contributed by atoms with E-state index < -0.39 is 0 Å². The maximum atomic E-state index is 11.5. The van der Waals surface area contributed by atoms with Gasteiger partial charge in [0.15, 0.2) is 0 Å². The molecule has 2 rings (SSSR count). The third kappa shape index (κ3) is 3.89. The van der Waals surface area contributed by atoms with E-state index in [4.69, 9.17) is 27.9 Å². The van der Waals surface area contributed by atoms with Crippen molar-refractivity contribution in [3.8, 4) is 11.6 Å². The quantitative estimate of drug-likeness (QED) is 0.884. The molecule has 0 aliphatic rings. The summed E-state index contributed by atoms with van der Waals surface area (Å²) in [7, 11) is 1.59. The van der Waals surface area contributed by atoms with Crippen molar-refractivity contribution >= 4 is 29.1 Å². The van der Waals surface area contributed by atoms with Crippen molar-refractivity contribution in [3.05, 3.63) is 39.5 Å². The average molecular weight is 328 g/mol. The van der Waals surface area contributed by atoms with Crippen molar-refractivity contribution in [2.24, 2.45) is 0 Å². The Kier molecular flexibility index (Phi) is 5.09. The Labute approximate surface area is 132 Å². The van der Waals surface area contributed by atoms with Gasteiger partial charge in [-0.15, -0.1) is 0 Å². The van der Waals surface area contributed by atoms with Crippen LogP contribution in [0.25, 0.3) is 0 Å². The van der Waals surface area contributed by atoms with Gasteiger partial charge in [0.1, 0.15) is 5.75 Å². The molecule has 0 fully saturated rings. The number of nitrogens with one attached hydrogen (secondary N) is 2. The van der Waals surface area contributed by atoms with Crippen molar-refractivity contribution in [2.75, 3.05) is 7.05 Å². The summed E-state index contributed by atoms with van der Waals surface area (Å²) in [6.07, 6.45) is 0.891. The summed E-state index contributed by atoms with van der Waals surface area (Å²) in [5.41, 5.74) is 1.52. The predicted octanol–water partition coefficient (Wildman–Crippen LogP) is 3.36. The molecule has 0 atom stereocenters. The van der Waals surface area contributed by atoms with E-state index in [0.717, 1.165) is 5.56 Å². The van der Waals surface area contributed by atoms with Crippen LogP contribution in [-0.4, -0.2) is 23.2 Å². The van der Waals surface area contributed by atoms with Gasteiger partial charge in [0.05, 0.1) is 12.1 Å². The van der Waals surface area contributed by atoms with E-state index in [1.165, 1.54) is 0 Å². The molecule has 2 aromatic rings. The Morgan fingerprint density at radius 2 is 2.00 bits per heavy atom. The Morgan fingerprint density at radius 3 is 2.57 bits per heavy atom. The van der Waals surface area contributed by atoms with Crippen molar-refractivity contribution in [1.82, 2.24) is 15.5 Å². The number of likely N-dealkylation sites (N-methyl/N-ethyl adjacent to an activating group) is 1. The van der Waals surface area contributed by atoms with E-state index in [-0.39, 0.29) is 12.3 Å². The highest BCUT2D eigenvalue weighted by Gasteiger charge is 2.16. The fourth-order valence-corrected chi connectivity index (χ4v) is 2.43. The van der Waals surface area contributed by atoms with Crippen LogP contribution in [0.4, 0.5) is 0 Å². The van der Waals surface area contributed by atoms with Crippen LogP contribution in [0.2, 0.25) is 10.0 Å². The Bertz CT molecular complexity index is 635. The van der Waals surface area contributed by atoms with Crippen molar-refractivity contribution in [1.29, 1.82) is 0 Å². The molecule has 21 heavy (non-hydrogen) atoms. The lowest BCUT2D eigenvalue weighted by atomic mass is 10.1. The highest BCUT2D eigenvalue weighted by Crippen LogP contribution is 2.30. The van der Waals surface area contributed by atoms with Crippen LogP contribution in [-0.2, 0) is 17.6 Å². The zero-order valence-corrected chi connectivity index (χ0v) is 13.2. The summed E-state index contributed by atoms with van der Waals surface area (Å²) >= 11 is 11.9. The number of benzene rings is 1. The Morgan fingerprint density at radius 1 is 1.33 bits per heavy atom. The molecule has 0 saturated heterocycles. The number of amides is 1. The molecule has 1 aromatic carbocycles. The molecule has 0 unspecified atom stereocenters. The fourth-order valence-electron chi connectivity index (χ4n) is 1.93. The van der Waals surface area contributed by atoms with E-state index in [0.29, 0.717) is 33.8 Å². The van der Waals surface area contributed by atoms with E-state index >= 15 is 0 Å². The van der Waals surface area contributed by atoms with Gasteiger partial charge in [0.25, 0.3) is 0 Å². The Balaban J connectivity index is 2.25. The van der Waals surface area contributed by atoms with Gasteiger partial charge in [-0.3, -0.25) is 4.79 Å². The summed E-state index contributed by atoms with van der Waals surface area (Å²) in [4.78, 5) is 11.5. The highest BCUT2D eigenvalue weighted by atomic mass is 35.5. The molecule has 0 bridgehead atoms. The van der Waals surface area contributed by atoms with Crippen LogP contribution in [0.15, 0.2) is 18.2 Å². The second kappa shape index (κ2) is 6.83. The van der Waals surface area contributed by atoms with Crippen molar-refractivity contribution in [2.45, 2.75) is 19.8 Å². The summed E-state index contributed by atoms with van der Waals surface area (Å²) < 4.78 is 5.74. The van der Waals surface area contributed by atoms with Gasteiger partial charge < -0.3 is 10.1 Å². The predicted molar refractivity (Wildman–Crippen MR) is 82.3 cm³/mol. The van der Waals surface area contributed by atoms with Gasteiger partial charge in [0.2, 0.25) is 11.8 Å². The van der Waals surface area contributed by atoms with Crippen LogP contribution < -0.4 is 10.1 Å². The number of carbonyl (C=O) groups is 1. The molecule has 1 heterocycles. The molecule has 7 heteroatoms. The minimum atomic E-state index is -0.103. The largest absolute Gasteiger partial charge is 0.439 e. The number of ether oxygens (including phenoxy) is 1. The van der Waals surface area contributed by atoms with E-state index in [1.807, 2.05) is 6.92 Å². The lowest BCUT2D eigenvalue weighted by Gasteiger charge is -2.07. The van der Waals surface area contributed by atoms with Gasteiger partial charge in [-0.25, -0.2) is 5.10 Å². The van der Waals surface area contributed by atoms with Crippen molar-refractivity contribution in [3.63, 3.8) is 0 Å². The zero-order chi connectivity index (χ0) is 15.4. The summed E-state index contributed by atoms with van der Waals surface area (Å²) in [5.74, 6) is 0.903. The first-order valence-corrected chi connectivity index (χ1v) is 7.19. The number of carbonyl (C=O) groups excluding carboxylic acids is 1. The summed E-state index contributed by atoms with van der Waals surface area (Å²) in [5, 5.41) is 10.5. The molecule has 0 aliphatic heterocycles. The molecular weight excluding hydrogens is 313 g/mol. The van der Waals surface area contributed by atoms with Gasteiger partial charge in [-0.2, -0.15) is 5.10 Å². The third-order valence-electron chi connectivity index (χ3n) is 2.93. The maximum absolute atomic E-state index is 11.5. The lowest BCUT2D eigenvalue weighted by molar-refractivity contribution is -0.120. The van der Waals surface area contributed by atoms with E-state index in [2.05, 4.69) is 15.5 Å². The van der Waals surface area contributed by atoms with E-state index in [9.17, 15) is 4.79 Å². The van der Waals surface area contributed by atoms with Gasteiger partial charge in [-0.1, -0.05) is 30.1 Å². The second-order valence-corrected chi connectivity index (χ2v) is 5.26. The number of rotatable bonds is 5. The van der Waals surface area contributed by atoms with Gasteiger partial charge in [-0.05, 0) is 24.6 Å². The lowest BCUT2D eigenvalue weighted by Crippen LogP contribution is -2.20.